The van der Waals surface area contributed by atoms with Crippen LogP contribution >= 0.6 is 0 Å². The van der Waals surface area contributed by atoms with E-state index >= 15 is 0 Å². The van der Waals surface area contributed by atoms with Gasteiger partial charge in [0.1, 0.15) is 5.52 Å². The lowest BCUT2D eigenvalue weighted by Crippen LogP contribution is -2.02. The first-order chi connectivity index (χ1) is 11.6. The summed E-state index contributed by atoms with van der Waals surface area (Å²) >= 11 is 0. The van der Waals surface area contributed by atoms with E-state index in [-0.39, 0.29) is 0 Å². The molecule has 122 valence electrons. The van der Waals surface area contributed by atoms with Crippen molar-refractivity contribution in [2.75, 3.05) is 14.2 Å². The van der Waals surface area contributed by atoms with Crippen LogP contribution in [0.1, 0.15) is 19.9 Å². The van der Waals surface area contributed by atoms with Crippen molar-refractivity contribution < 1.29 is 9.47 Å². The van der Waals surface area contributed by atoms with Crippen LogP contribution in [0.2, 0.25) is 0 Å². The quantitative estimate of drug-likeness (QED) is 0.563. The van der Waals surface area contributed by atoms with Gasteiger partial charge < -0.3 is 14.0 Å². The maximum Gasteiger partial charge on any atom is 0.163 e. The molecule has 0 saturated heterocycles. The highest BCUT2D eigenvalue weighted by atomic mass is 16.5. The molecular formula is C19H19N3O2. The smallest absolute Gasteiger partial charge is 0.163 e. The van der Waals surface area contributed by atoms with Gasteiger partial charge in [-0.2, -0.15) is 0 Å². The van der Waals surface area contributed by atoms with Gasteiger partial charge in [0.15, 0.2) is 17.1 Å². The minimum absolute atomic E-state index is 0.291. The first-order valence-corrected chi connectivity index (χ1v) is 7.96. The topological polar surface area (TPSA) is 49.2 Å². The monoisotopic (exact) mass is 321 g/mol. The van der Waals surface area contributed by atoms with Gasteiger partial charge in [0.2, 0.25) is 0 Å². The van der Waals surface area contributed by atoms with Gasteiger partial charge in [0.25, 0.3) is 0 Å². The summed E-state index contributed by atoms with van der Waals surface area (Å²) in [6, 6.07) is 12.3. The van der Waals surface area contributed by atoms with Crippen molar-refractivity contribution in [1.82, 2.24) is 14.5 Å². The van der Waals surface area contributed by atoms with E-state index in [0.717, 1.165) is 33.1 Å². The summed E-state index contributed by atoms with van der Waals surface area (Å²) in [6.45, 7) is 4.32. The van der Waals surface area contributed by atoms with Crippen LogP contribution in [0, 0.1) is 0 Å². The highest BCUT2D eigenvalue weighted by molar-refractivity contribution is 6.06. The van der Waals surface area contributed by atoms with Crippen LogP contribution < -0.4 is 9.47 Å². The van der Waals surface area contributed by atoms with E-state index in [2.05, 4.69) is 30.5 Å². The van der Waals surface area contributed by atoms with Crippen molar-refractivity contribution >= 4 is 33.1 Å². The van der Waals surface area contributed by atoms with Crippen LogP contribution in [0.5, 0.6) is 11.5 Å². The predicted octanol–water partition coefficient (Wildman–Crippen LogP) is 4.34. The summed E-state index contributed by atoms with van der Waals surface area (Å²) in [7, 11) is 3.25. The zero-order valence-electron chi connectivity index (χ0n) is 14.2. The number of methoxy groups -OCH3 is 2. The number of para-hydroxylation sites is 1. The first-order valence-electron chi connectivity index (χ1n) is 7.96. The fourth-order valence-electron chi connectivity index (χ4n) is 3.24. The zero-order chi connectivity index (χ0) is 16.8. The molecule has 0 amide bonds. The molecule has 2 aromatic carbocycles. The summed E-state index contributed by atoms with van der Waals surface area (Å²) in [5.41, 5.74) is 4.55. The lowest BCUT2D eigenvalue weighted by molar-refractivity contribution is 0.355. The van der Waals surface area contributed by atoms with Gasteiger partial charge in [0.05, 0.1) is 30.8 Å². The number of rotatable bonds is 3. The van der Waals surface area contributed by atoms with E-state index in [1.807, 2.05) is 24.3 Å². The second-order valence-corrected chi connectivity index (χ2v) is 6.07. The molecular weight excluding hydrogens is 302 g/mol. The third kappa shape index (κ3) is 2.01. The molecule has 0 unspecified atom stereocenters. The third-order valence-corrected chi connectivity index (χ3v) is 4.31. The zero-order valence-corrected chi connectivity index (χ0v) is 14.2. The van der Waals surface area contributed by atoms with Crippen LogP contribution in [0.25, 0.3) is 33.1 Å². The van der Waals surface area contributed by atoms with Gasteiger partial charge in [-0.3, -0.25) is 0 Å². The van der Waals surface area contributed by atoms with E-state index in [1.165, 1.54) is 0 Å². The van der Waals surface area contributed by atoms with Gasteiger partial charge in [-0.1, -0.05) is 18.2 Å². The van der Waals surface area contributed by atoms with Gasteiger partial charge in [-0.05, 0) is 19.9 Å². The largest absolute Gasteiger partial charge is 0.493 e. The van der Waals surface area contributed by atoms with E-state index in [0.29, 0.717) is 17.5 Å². The van der Waals surface area contributed by atoms with Gasteiger partial charge >= 0.3 is 0 Å². The predicted molar refractivity (Wildman–Crippen MR) is 96.0 cm³/mol. The number of benzene rings is 2. The summed E-state index contributed by atoms with van der Waals surface area (Å²) < 4.78 is 13.0. The maximum atomic E-state index is 5.39. The van der Waals surface area contributed by atoms with E-state index in [9.17, 15) is 0 Å². The highest BCUT2D eigenvalue weighted by Gasteiger charge is 2.17. The van der Waals surface area contributed by atoms with E-state index in [4.69, 9.17) is 19.4 Å². The van der Waals surface area contributed by atoms with Crippen LogP contribution in [0.3, 0.4) is 0 Å². The standard InChI is InChI=1S/C19H19N3O2/c1-11(2)22-15-8-6-5-7-12(15)18-19(22)21-14-10-17(24-4)16(23-3)9-13(14)20-18/h5-11H,1-4H3. The summed E-state index contributed by atoms with van der Waals surface area (Å²) in [6.07, 6.45) is 0. The second kappa shape index (κ2) is 5.37. The normalized spacial score (nSPS) is 11.7. The molecule has 5 heteroatoms. The van der Waals surface area contributed by atoms with Crippen molar-refractivity contribution in [3.05, 3.63) is 36.4 Å². The Kier molecular flexibility index (Phi) is 3.30. The average Bonchev–Trinajstić information content (AvgIpc) is 2.92. The first kappa shape index (κ1) is 14.8. The maximum absolute atomic E-state index is 5.39. The van der Waals surface area contributed by atoms with Crippen molar-refractivity contribution in [3.8, 4) is 11.5 Å². The van der Waals surface area contributed by atoms with E-state index < -0.39 is 0 Å². The fourth-order valence-corrected chi connectivity index (χ4v) is 3.24. The van der Waals surface area contributed by atoms with Crippen LogP contribution in [0.15, 0.2) is 36.4 Å². The number of ether oxygens (including phenoxy) is 2. The van der Waals surface area contributed by atoms with Gasteiger partial charge in [0, 0.05) is 23.6 Å². The lowest BCUT2D eigenvalue weighted by Gasteiger charge is -2.11. The Morgan fingerprint density at radius 3 is 2.17 bits per heavy atom. The highest BCUT2D eigenvalue weighted by Crippen LogP contribution is 2.34. The minimum Gasteiger partial charge on any atom is -0.493 e. The number of hydrogen-bond donors (Lipinski definition) is 0. The number of hydrogen-bond acceptors (Lipinski definition) is 4. The molecule has 0 saturated carbocycles. The molecule has 4 aromatic rings. The molecule has 4 rings (SSSR count). The Morgan fingerprint density at radius 2 is 1.54 bits per heavy atom. The lowest BCUT2D eigenvalue weighted by atomic mass is 10.2. The second-order valence-electron chi connectivity index (χ2n) is 6.07. The molecule has 2 heterocycles. The average molecular weight is 321 g/mol. The molecule has 0 fully saturated rings. The number of nitrogens with zero attached hydrogens (tertiary/aromatic N) is 3. The summed E-state index contributed by atoms with van der Waals surface area (Å²) in [5.74, 6) is 1.32. The third-order valence-electron chi connectivity index (χ3n) is 4.31. The van der Waals surface area contributed by atoms with Crippen molar-refractivity contribution in [2.45, 2.75) is 19.9 Å². The van der Waals surface area contributed by atoms with Crippen LogP contribution in [0.4, 0.5) is 0 Å². The van der Waals surface area contributed by atoms with Crippen LogP contribution in [-0.4, -0.2) is 28.8 Å². The Hall–Kier alpha value is -2.82. The molecule has 0 spiro atoms. The summed E-state index contributed by atoms with van der Waals surface area (Å²) in [4.78, 5) is 9.76. The Bertz CT molecular complexity index is 1070. The van der Waals surface area contributed by atoms with Crippen molar-refractivity contribution in [3.63, 3.8) is 0 Å². The molecule has 0 aliphatic carbocycles. The van der Waals surface area contributed by atoms with Gasteiger partial charge in [-0.15, -0.1) is 0 Å². The molecule has 2 aromatic heterocycles. The number of aromatic nitrogens is 3. The molecule has 0 aliphatic heterocycles. The molecule has 0 atom stereocenters. The minimum atomic E-state index is 0.291. The molecule has 0 aliphatic rings. The van der Waals surface area contributed by atoms with Crippen molar-refractivity contribution in [1.29, 1.82) is 0 Å². The molecule has 0 radical (unpaired) electrons. The fraction of sp³-hybridized carbons (Fsp3) is 0.263. The van der Waals surface area contributed by atoms with Crippen molar-refractivity contribution in [2.24, 2.45) is 0 Å². The number of fused-ring (bicyclic) bond motifs is 4. The Balaban J connectivity index is 2.17. The SMILES string of the molecule is COc1cc2nc3c4ccccc4n(C(C)C)c3nc2cc1OC. The molecule has 0 N–H and O–H groups in total. The molecule has 0 bridgehead atoms. The Morgan fingerprint density at radius 1 is 0.917 bits per heavy atom. The van der Waals surface area contributed by atoms with Crippen LogP contribution in [-0.2, 0) is 0 Å². The van der Waals surface area contributed by atoms with E-state index in [1.54, 1.807) is 14.2 Å². The Labute approximate surface area is 139 Å². The molecule has 24 heavy (non-hydrogen) atoms. The molecule has 5 nitrogen and oxygen atoms in total. The summed E-state index contributed by atoms with van der Waals surface area (Å²) in [5, 5.41) is 1.12. The van der Waals surface area contributed by atoms with Gasteiger partial charge in [-0.25, -0.2) is 9.97 Å².